The molecule has 2 N–H and O–H groups in total. The largest absolute Gasteiger partial charge is 0.326 e. The van der Waals surface area contributed by atoms with Crippen LogP contribution in [-0.4, -0.2) is 11.8 Å². The van der Waals surface area contributed by atoms with Crippen molar-refractivity contribution in [3.63, 3.8) is 0 Å². The summed E-state index contributed by atoms with van der Waals surface area (Å²) in [6.45, 7) is 0. The van der Waals surface area contributed by atoms with E-state index >= 15 is 0 Å². The average Bonchev–Trinajstić information content (AvgIpc) is 2.68. The van der Waals surface area contributed by atoms with Crippen LogP contribution in [0.2, 0.25) is 0 Å². The molecule has 0 atom stereocenters. The van der Waals surface area contributed by atoms with Crippen molar-refractivity contribution in [2.75, 3.05) is 10.6 Å². The summed E-state index contributed by atoms with van der Waals surface area (Å²) in [6.07, 6.45) is 2.39. The fourth-order valence-corrected chi connectivity index (χ4v) is 3.35. The van der Waals surface area contributed by atoms with Crippen LogP contribution in [0, 0.1) is 29.0 Å². The number of para-hydroxylation sites is 1. The molecule has 0 bridgehead atoms. The van der Waals surface area contributed by atoms with Crippen molar-refractivity contribution in [2.45, 2.75) is 25.7 Å². The molecule has 2 aromatic rings. The number of hydrogen-bond acceptors (Lipinski definition) is 3. The zero-order chi connectivity index (χ0) is 19.2. The third-order valence-electron chi connectivity index (χ3n) is 4.87. The van der Waals surface area contributed by atoms with Crippen LogP contribution in [0.3, 0.4) is 0 Å². The van der Waals surface area contributed by atoms with Gasteiger partial charge in [0.05, 0.1) is 11.3 Å². The molecule has 1 fully saturated rings. The van der Waals surface area contributed by atoms with E-state index in [1.807, 2.05) is 0 Å². The molecule has 1 aliphatic carbocycles. The van der Waals surface area contributed by atoms with Crippen molar-refractivity contribution < 1.29 is 14.0 Å². The third-order valence-corrected chi connectivity index (χ3v) is 4.87. The maximum atomic E-state index is 13.2. The molecule has 0 aliphatic heterocycles. The van der Waals surface area contributed by atoms with E-state index in [4.69, 9.17) is 5.26 Å². The van der Waals surface area contributed by atoms with Crippen molar-refractivity contribution in [3.05, 3.63) is 59.9 Å². The number of hydrogen-bond donors (Lipinski definition) is 2. The van der Waals surface area contributed by atoms with Crippen LogP contribution in [0.5, 0.6) is 0 Å². The van der Waals surface area contributed by atoms with Crippen LogP contribution in [0.15, 0.2) is 48.5 Å². The van der Waals surface area contributed by atoms with E-state index in [-0.39, 0.29) is 23.7 Å². The van der Waals surface area contributed by atoms with Crippen molar-refractivity contribution >= 4 is 23.2 Å². The van der Waals surface area contributed by atoms with Crippen LogP contribution in [-0.2, 0) is 9.59 Å². The zero-order valence-corrected chi connectivity index (χ0v) is 14.7. The number of benzene rings is 2. The maximum absolute atomic E-state index is 13.2. The third kappa shape index (κ3) is 4.70. The first kappa shape index (κ1) is 18.6. The van der Waals surface area contributed by atoms with Crippen molar-refractivity contribution in [3.8, 4) is 6.07 Å². The SMILES string of the molecule is N#Cc1ccccc1NC(=O)C1CCC(C(=O)Nc2cccc(F)c2)CC1. The highest BCUT2D eigenvalue weighted by Crippen LogP contribution is 2.31. The quantitative estimate of drug-likeness (QED) is 0.856. The molecule has 5 nitrogen and oxygen atoms in total. The number of nitrogens with one attached hydrogen (secondary N) is 2. The van der Waals surface area contributed by atoms with Crippen LogP contribution in [0.1, 0.15) is 31.2 Å². The van der Waals surface area contributed by atoms with E-state index in [1.165, 1.54) is 12.1 Å². The Hall–Kier alpha value is -3.20. The number of anilines is 2. The van der Waals surface area contributed by atoms with Crippen LogP contribution in [0.4, 0.5) is 15.8 Å². The summed E-state index contributed by atoms with van der Waals surface area (Å²) >= 11 is 0. The summed E-state index contributed by atoms with van der Waals surface area (Å²) in [4.78, 5) is 24.8. The smallest absolute Gasteiger partial charge is 0.227 e. The van der Waals surface area contributed by atoms with Gasteiger partial charge in [0.2, 0.25) is 11.8 Å². The fourth-order valence-electron chi connectivity index (χ4n) is 3.35. The monoisotopic (exact) mass is 365 g/mol. The van der Waals surface area contributed by atoms with Gasteiger partial charge in [-0.2, -0.15) is 5.26 Å². The molecule has 1 aliphatic rings. The second-order valence-corrected chi connectivity index (χ2v) is 6.69. The lowest BCUT2D eigenvalue weighted by molar-refractivity contribution is -0.125. The molecule has 138 valence electrons. The molecule has 0 heterocycles. The van der Waals surface area contributed by atoms with E-state index < -0.39 is 5.82 Å². The minimum absolute atomic E-state index is 0.123. The van der Waals surface area contributed by atoms with Gasteiger partial charge in [0.25, 0.3) is 0 Å². The molecule has 2 amide bonds. The molecule has 0 aromatic heterocycles. The Morgan fingerprint density at radius 1 is 0.926 bits per heavy atom. The molecule has 0 unspecified atom stereocenters. The highest BCUT2D eigenvalue weighted by atomic mass is 19.1. The van der Waals surface area contributed by atoms with E-state index in [0.717, 1.165) is 0 Å². The Morgan fingerprint density at radius 3 is 2.19 bits per heavy atom. The van der Waals surface area contributed by atoms with Gasteiger partial charge in [-0.25, -0.2) is 4.39 Å². The molecule has 0 spiro atoms. The van der Waals surface area contributed by atoms with E-state index in [9.17, 15) is 14.0 Å². The Kier molecular flexibility index (Phi) is 5.82. The maximum Gasteiger partial charge on any atom is 0.227 e. The highest BCUT2D eigenvalue weighted by molar-refractivity contribution is 5.95. The Bertz CT molecular complexity index is 883. The number of nitriles is 1. The van der Waals surface area contributed by atoms with Gasteiger partial charge < -0.3 is 10.6 Å². The lowest BCUT2D eigenvalue weighted by Crippen LogP contribution is -2.32. The van der Waals surface area contributed by atoms with E-state index in [0.29, 0.717) is 42.6 Å². The fraction of sp³-hybridized carbons (Fsp3) is 0.286. The molecular formula is C21H20FN3O2. The van der Waals surface area contributed by atoms with Crippen molar-refractivity contribution in [2.24, 2.45) is 11.8 Å². The second kappa shape index (κ2) is 8.45. The normalized spacial score (nSPS) is 19.0. The van der Waals surface area contributed by atoms with E-state index in [2.05, 4.69) is 16.7 Å². The van der Waals surface area contributed by atoms with Gasteiger partial charge in [0.1, 0.15) is 11.9 Å². The minimum atomic E-state index is -0.397. The molecule has 1 saturated carbocycles. The van der Waals surface area contributed by atoms with Gasteiger partial charge in [-0.3, -0.25) is 9.59 Å². The zero-order valence-electron chi connectivity index (χ0n) is 14.7. The lowest BCUT2D eigenvalue weighted by atomic mass is 9.81. The summed E-state index contributed by atoms with van der Waals surface area (Å²) in [5.74, 6) is -1.04. The van der Waals surface area contributed by atoms with Gasteiger partial charge in [-0.1, -0.05) is 18.2 Å². The summed E-state index contributed by atoms with van der Waals surface area (Å²) in [6, 6.07) is 14.7. The number of halogens is 1. The molecular weight excluding hydrogens is 345 g/mol. The number of carbonyl (C=O) groups is 2. The summed E-state index contributed by atoms with van der Waals surface area (Å²) < 4.78 is 13.2. The lowest BCUT2D eigenvalue weighted by Gasteiger charge is -2.27. The Labute approximate surface area is 157 Å². The highest BCUT2D eigenvalue weighted by Gasteiger charge is 2.30. The van der Waals surface area contributed by atoms with Gasteiger partial charge in [0, 0.05) is 17.5 Å². The predicted molar refractivity (Wildman–Crippen MR) is 100 cm³/mol. The first-order valence-electron chi connectivity index (χ1n) is 8.93. The first-order valence-corrected chi connectivity index (χ1v) is 8.93. The summed E-state index contributed by atoms with van der Waals surface area (Å²) in [5, 5.41) is 14.7. The van der Waals surface area contributed by atoms with Gasteiger partial charge >= 0.3 is 0 Å². The number of carbonyl (C=O) groups excluding carboxylic acids is 2. The minimum Gasteiger partial charge on any atom is -0.326 e. The van der Waals surface area contributed by atoms with Gasteiger partial charge in [-0.05, 0) is 56.0 Å². The second-order valence-electron chi connectivity index (χ2n) is 6.69. The molecule has 3 rings (SSSR count). The van der Waals surface area contributed by atoms with Crippen LogP contribution < -0.4 is 10.6 Å². The molecule has 2 aromatic carbocycles. The molecule has 0 radical (unpaired) electrons. The topological polar surface area (TPSA) is 82.0 Å². The average molecular weight is 365 g/mol. The summed E-state index contributed by atoms with van der Waals surface area (Å²) in [7, 11) is 0. The molecule has 27 heavy (non-hydrogen) atoms. The van der Waals surface area contributed by atoms with Crippen LogP contribution >= 0.6 is 0 Å². The number of nitrogens with zero attached hydrogens (tertiary/aromatic N) is 1. The predicted octanol–water partition coefficient (Wildman–Crippen LogP) is 4.08. The Morgan fingerprint density at radius 2 is 1.56 bits per heavy atom. The first-order chi connectivity index (χ1) is 13.1. The Balaban J connectivity index is 1.53. The molecule has 0 saturated heterocycles. The molecule has 6 heteroatoms. The number of rotatable bonds is 4. The van der Waals surface area contributed by atoms with Crippen molar-refractivity contribution in [1.82, 2.24) is 0 Å². The number of amides is 2. The van der Waals surface area contributed by atoms with Crippen LogP contribution in [0.25, 0.3) is 0 Å². The standard InChI is InChI=1S/C21H20FN3O2/c22-17-5-3-6-18(12-17)24-20(26)14-8-10-15(11-9-14)21(27)25-19-7-2-1-4-16(19)13-23/h1-7,12,14-15H,8-11H2,(H,24,26)(H,25,27). The van der Waals surface area contributed by atoms with Gasteiger partial charge in [-0.15, -0.1) is 0 Å². The van der Waals surface area contributed by atoms with Crippen molar-refractivity contribution in [1.29, 1.82) is 5.26 Å². The van der Waals surface area contributed by atoms with E-state index in [1.54, 1.807) is 36.4 Å². The van der Waals surface area contributed by atoms with Gasteiger partial charge in [0.15, 0.2) is 0 Å². The summed E-state index contributed by atoms with van der Waals surface area (Å²) in [5.41, 5.74) is 1.37.